The molecule has 110 valence electrons. The predicted octanol–water partition coefficient (Wildman–Crippen LogP) is 2.34. The van der Waals surface area contributed by atoms with Crippen LogP contribution in [0.2, 0.25) is 0 Å². The number of carbonyl (C=O) groups is 1. The van der Waals surface area contributed by atoms with Gasteiger partial charge < -0.3 is 15.7 Å². The van der Waals surface area contributed by atoms with E-state index in [1.807, 2.05) is 32.0 Å². The van der Waals surface area contributed by atoms with E-state index in [0.717, 1.165) is 11.4 Å². The number of rotatable bonds is 4. The summed E-state index contributed by atoms with van der Waals surface area (Å²) >= 11 is 0. The molecule has 1 aromatic carbocycles. The molecular weight excluding hydrogens is 266 g/mol. The van der Waals surface area contributed by atoms with Gasteiger partial charge in [0, 0.05) is 17.9 Å². The Labute approximate surface area is 124 Å². The van der Waals surface area contributed by atoms with Crippen LogP contribution in [-0.4, -0.2) is 27.4 Å². The van der Waals surface area contributed by atoms with Gasteiger partial charge in [-0.1, -0.05) is 6.07 Å². The van der Waals surface area contributed by atoms with Gasteiger partial charge >= 0.3 is 0 Å². The van der Waals surface area contributed by atoms with Crippen molar-refractivity contribution in [3.63, 3.8) is 0 Å². The molecule has 3 N–H and O–H groups in total. The van der Waals surface area contributed by atoms with Crippen LogP contribution in [-0.2, 0) is 6.54 Å². The van der Waals surface area contributed by atoms with Crippen LogP contribution in [0.25, 0.3) is 0 Å². The zero-order valence-electron chi connectivity index (χ0n) is 12.2. The second kappa shape index (κ2) is 6.26. The highest BCUT2D eigenvalue weighted by atomic mass is 16.3. The Hall–Kier alpha value is -2.56. The van der Waals surface area contributed by atoms with Crippen molar-refractivity contribution >= 4 is 11.6 Å². The molecule has 21 heavy (non-hydrogen) atoms. The van der Waals surface area contributed by atoms with Crippen LogP contribution >= 0.6 is 0 Å². The molecule has 2 rings (SSSR count). The van der Waals surface area contributed by atoms with E-state index in [9.17, 15) is 9.90 Å². The van der Waals surface area contributed by atoms with Crippen LogP contribution < -0.4 is 5.73 Å². The molecule has 0 aliphatic carbocycles. The number of aromatic hydroxyl groups is 1. The first-order valence-corrected chi connectivity index (χ1v) is 6.81. The van der Waals surface area contributed by atoms with Gasteiger partial charge in [-0.15, -0.1) is 0 Å². The lowest BCUT2D eigenvalue weighted by atomic mass is 10.1. The molecular formula is C16H19N3O2. The monoisotopic (exact) mass is 285 g/mol. The van der Waals surface area contributed by atoms with Crippen molar-refractivity contribution in [3.8, 4) is 5.75 Å². The third-order valence-corrected chi connectivity index (χ3v) is 3.24. The maximum Gasteiger partial charge on any atom is 0.256 e. The summed E-state index contributed by atoms with van der Waals surface area (Å²) in [5.74, 6) is -0.188. The van der Waals surface area contributed by atoms with Crippen molar-refractivity contribution < 1.29 is 9.90 Å². The predicted molar refractivity (Wildman–Crippen MR) is 81.9 cm³/mol. The summed E-state index contributed by atoms with van der Waals surface area (Å²) in [6, 6.07) is 10.1. The summed E-state index contributed by atoms with van der Waals surface area (Å²) < 4.78 is 0. The second-order valence-electron chi connectivity index (χ2n) is 4.86. The number of nitrogens with two attached hydrogens (primary N) is 1. The van der Waals surface area contributed by atoms with E-state index < -0.39 is 0 Å². The topological polar surface area (TPSA) is 79.5 Å². The standard InChI is InChI=1S/C16H19N3O2/c1-3-19(10-12-6-4-5-11(2)18-12)16(21)14-9-13(20)7-8-15(14)17/h4-9,20H,3,10,17H2,1-2H3. The molecule has 5 nitrogen and oxygen atoms in total. The summed E-state index contributed by atoms with van der Waals surface area (Å²) in [5.41, 5.74) is 8.22. The van der Waals surface area contributed by atoms with E-state index in [2.05, 4.69) is 4.98 Å². The number of nitrogens with zero attached hydrogens (tertiary/aromatic N) is 2. The van der Waals surface area contributed by atoms with Gasteiger partial charge in [0.05, 0.1) is 17.8 Å². The number of carbonyl (C=O) groups excluding carboxylic acids is 1. The van der Waals surface area contributed by atoms with Gasteiger partial charge in [0.2, 0.25) is 0 Å². The fourth-order valence-corrected chi connectivity index (χ4v) is 2.11. The average Bonchev–Trinajstić information content (AvgIpc) is 2.46. The molecule has 0 aliphatic heterocycles. The van der Waals surface area contributed by atoms with E-state index in [0.29, 0.717) is 24.3 Å². The molecule has 2 aromatic rings. The molecule has 0 unspecified atom stereocenters. The normalized spacial score (nSPS) is 10.4. The van der Waals surface area contributed by atoms with Gasteiger partial charge in [-0.25, -0.2) is 0 Å². The number of benzene rings is 1. The Kier molecular flexibility index (Phi) is 4.42. The Morgan fingerprint density at radius 1 is 1.33 bits per heavy atom. The van der Waals surface area contributed by atoms with Gasteiger partial charge in [-0.3, -0.25) is 9.78 Å². The van der Waals surface area contributed by atoms with Gasteiger partial charge in [-0.05, 0) is 44.2 Å². The minimum atomic E-state index is -0.214. The summed E-state index contributed by atoms with van der Waals surface area (Å²) in [6.07, 6.45) is 0. The quantitative estimate of drug-likeness (QED) is 0.667. The van der Waals surface area contributed by atoms with Gasteiger partial charge in [-0.2, -0.15) is 0 Å². The highest BCUT2D eigenvalue weighted by molar-refractivity contribution is 5.99. The van der Waals surface area contributed by atoms with Gasteiger partial charge in [0.1, 0.15) is 5.75 Å². The maximum atomic E-state index is 12.5. The molecule has 5 heteroatoms. The Morgan fingerprint density at radius 3 is 2.76 bits per heavy atom. The third-order valence-electron chi connectivity index (χ3n) is 3.24. The minimum Gasteiger partial charge on any atom is -0.508 e. The summed E-state index contributed by atoms with van der Waals surface area (Å²) in [5, 5.41) is 9.53. The SMILES string of the molecule is CCN(Cc1cccc(C)n1)C(=O)c1cc(O)ccc1N. The van der Waals surface area contributed by atoms with Crippen molar-refractivity contribution in [2.45, 2.75) is 20.4 Å². The first-order valence-electron chi connectivity index (χ1n) is 6.81. The van der Waals surface area contributed by atoms with Crippen LogP contribution in [0.15, 0.2) is 36.4 Å². The number of amides is 1. The van der Waals surface area contributed by atoms with Gasteiger partial charge in [0.15, 0.2) is 0 Å². The van der Waals surface area contributed by atoms with Crippen LogP contribution in [0.4, 0.5) is 5.69 Å². The molecule has 0 saturated heterocycles. The number of phenolic OH excluding ortho intramolecular Hbond substituents is 1. The summed E-state index contributed by atoms with van der Waals surface area (Å²) in [7, 11) is 0. The van der Waals surface area contributed by atoms with Crippen LogP contribution in [0.3, 0.4) is 0 Å². The maximum absolute atomic E-state index is 12.5. The molecule has 0 bridgehead atoms. The van der Waals surface area contributed by atoms with E-state index in [1.54, 1.807) is 4.90 Å². The minimum absolute atomic E-state index is 0.0253. The van der Waals surface area contributed by atoms with E-state index in [4.69, 9.17) is 5.73 Å². The summed E-state index contributed by atoms with van der Waals surface area (Å²) in [6.45, 7) is 4.75. The number of anilines is 1. The Morgan fingerprint density at radius 2 is 2.10 bits per heavy atom. The molecule has 0 fully saturated rings. The van der Waals surface area contributed by atoms with Crippen molar-refractivity contribution in [1.29, 1.82) is 0 Å². The van der Waals surface area contributed by atoms with E-state index >= 15 is 0 Å². The molecule has 0 saturated carbocycles. The molecule has 0 radical (unpaired) electrons. The third kappa shape index (κ3) is 3.51. The largest absolute Gasteiger partial charge is 0.508 e. The first-order chi connectivity index (χ1) is 10.0. The number of phenols is 1. The number of pyridine rings is 1. The zero-order chi connectivity index (χ0) is 15.4. The Bertz CT molecular complexity index is 656. The molecule has 1 heterocycles. The van der Waals surface area contributed by atoms with Crippen LogP contribution in [0.1, 0.15) is 28.7 Å². The molecule has 0 atom stereocenters. The lowest BCUT2D eigenvalue weighted by Crippen LogP contribution is -2.31. The van der Waals surface area contributed by atoms with Crippen molar-refractivity contribution in [2.75, 3.05) is 12.3 Å². The fourth-order valence-electron chi connectivity index (χ4n) is 2.11. The molecule has 0 spiro atoms. The fraction of sp³-hybridized carbons (Fsp3) is 0.250. The van der Waals surface area contributed by atoms with E-state index in [-0.39, 0.29) is 11.7 Å². The lowest BCUT2D eigenvalue weighted by molar-refractivity contribution is 0.0751. The van der Waals surface area contributed by atoms with Crippen LogP contribution in [0.5, 0.6) is 5.75 Å². The number of aromatic nitrogens is 1. The molecule has 0 aliphatic rings. The highest BCUT2D eigenvalue weighted by Gasteiger charge is 2.18. The number of hydrogen-bond acceptors (Lipinski definition) is 4. The van der Waals surface area contributed by atoms with Crippen LogP contribution in [0, 0.1) is 6.92 Å². The van der Waals surface area contributed by atoms with Gasteiger partial charge in [0.25, 0.3) is 5.91 Å². The average molecular weight is 285 g/mol. The zero-order valence-corrected chi connectivity index (χ0v) is 12.2. The summed E-state index contributed by atoms with van der Waals surface area (Å²) in [4.78, 5) is 18.6. The smallest absolute Gasteiger partial charge is 0.256 e. The number of hydrogen-bond donors (Lipinski definition) is 2. The number of aryl methyl sites for hydroxylation is 1. The second-order valence-corrected chi connectivity index (χ2v) is 4.86. The van der Waals surface area contributed by atoms with Crippen molar-refractivity contribution in [1.82, 2.24) is 9.88 Å². The van der Waals surface area contributed by atoms with Crippen molar-refractivity contribution in [2.24, 2.45) is 0 Å². The first kappa shape index (κ1) is 14.8. The molecule has 1 aromatic heterocycles. The molecule has 1 amide bonds. The van der Waals surface area contributed by atoms with E-state index in [1.165, 1.54) is 18.2 Å². The number of nitrogen functional groups attached to an aromatic ring is 1. The highest BCUT2D eigenvalue weighted by Crippen LogP contribution is 2.20. The Balaban J connectivity index is 2.24. The van der Waals surface area contributed by atoms with Crippen molar-refractivity contribution in [3.05, 3.63) is 53.3 Å². The lowest BCUT2D eigenvalue weighted by Gasteiger charge is -2.21.